The van der Waals surface area contributed by atoms with Crippen LogP contribution in [0, 0.1) is 0 Å². The van der Waals surface area contributed by atoms with Crippen LogP contribution in [-0.4, -0.2) is 17.8 Å². The molecule has 4 aromatic carbocycles. The molecule has 2 heterocycles. The van der Waals surface area contributed by atoms with Crippen LogP contribution in [-0.2, 0) is 0 Å². The van der Waals surface area contributed by atoms with Gasteiger partial charge in [-0.1, -0.05) is 115 Å². The molecule has 230 valence electrons. The second-order valence-electron chi connectivity index (χ2n) is 10.8. The molecule has 1 aliphatic carbocycles. The standard InChI is InChI=1S/C37H21ClF6S2/c38-26-18-16-23(17-19-26)30-21-28(34(46-30)25-14-8-3-9-15-25)32-31(35(39,40)37(43,44)36(32,41)42)27-20-29(22-10-4-1-5-11-22)45-33(27)24-12-6-2-7-13-24/h1-21H. The molecule has 2 aromatic heterocycles. The van der Waals surface area contributed by atoms with E-state index < -0.39 is 28.9 Å². The lowest BCUT2D eigenvalue weighted by Gasteiger charge is -2.26. The second kappa shape index (κ2) is 11.3. The molecule has 0 spiro atoms. The van der Waals surface area contributed by atoms with Crippen LogP contribution in [0.2, 0.25) is 5.02 Å². The number of benzene rings is 4. The second-order valence-corrected chi connectivity index (χ2v) is 13.3. The van der Waals surface area contributed by atoms with E-state index in [4.69, 9.17) is 11.6 Å². The highest BCUT2D eigenvalue weighted by molar-refractivity contribution is 7.19. The summed E-state index contributed by atoms with van der Waals surface area (Å²) in [5.74, 6) is -16.1. The first-order valence-corrected chi connectivity index (χ1v) is 16.1. The summed E-state index contributed by atoms with van der Waals surface area (Å²) in [6.07, 6.45) is 0. The van der Waals surface area contributed by atoms with Crippen LogP contribution in [0.5, 0.6) is 0 Å². The Morgan fingerprint density at radius 3 is 1.17 bits per heavy atom. The number of hydrogen-bond acceptors (Lipinski definition) is 2. The van der Waals surface area contributed by atoms with Crippen LogP contribution in [0.25, 0.3) is 52.9 Å². The predicted octanol–water partition coefficient (Wildman–Crippen LogP) is 13.0. The van der Waals surface area contributed by atoms with Crippen molar-refractivity contribution in [2.75, 3.05) is 0 Å². The van der Waals surface area contributed by atoms with Crippen LogP contribution in [0.3, 0.4) is 0 Å². The molecule has 0 N–H and O–H groups in total. The van der Waals surface area contributed by atoms with Crippen LogP contribution < -0.4 is 0 Å². The van der Waals surface area contributed by atoms with Gasteiger partial charge in [-0.15, -0.1) is 22.7 Å². The van der Waals surface area contributed by atoms with Crippen LogP contribution >= 0.6 is 34.3 Å². The van der Waals surface area contributed by atoms with Crippen molar-refractivity contribution >= 4 is 45.4 Å². The fourth-order valence-corrected chi connectivity index (χ4v) is 8.17. The van der Waals surface area contributed by atoms with Crippen molar-refractivity contribution in [3.8, 4) is 41.8 Å². The molecule has 7 rings (SSSR count). The number of allylic oxidation sites excluding steroid dienone is 2. The molecule has 0 saturated carbocycles. The summed E-state index contributed by atoms with van der Waals surface area (Å²) >= 11 is 8.21. The third-order valence-electron chi connectivity index (χ3n) is 7.93. The fraction of sp³-hybridized carbons (Fsp3) is 0.0811. The van der Waals surface area contributed by atoms with E-state index in [1.54, 1.807) is 115 Å². The SMILES string of the molecule is FC1(F)C(c2cc(-c3ccccc3)sc2-c2ccccc2)=C(c2cc(-c3ccc(Cl)cc3)sc2-c2ccccc2)C(F)(F)C1(F)F. The topological polar surface area (TPSA) is 0 Å². The van der Waals surface area contributed by atoms with Gasteiger partial charge >= 0.3 is 17.8 Å². The largest absolute Gasteiger partial charge is 0.380 e. The molecule has 0 saturated heterocycles. The zero-order chi connectivity index (χ0) is 32.3. The van der Waals surface area contributed by atoms with Gasteiger partial charge in [0.2, 0.25) is 0 Å². The van der Waals surface area contributed by atoms with Crippen LogP contribution in [0.1, 0.15) is 11.1 Å². The summed E-state index contributed by atoms with van der Waals surface area (Å²) in [5, 5.41) is 0.440. The van der Waals surface area contributed by atoms with Gasteiger partial charge in [-0.05, 0) is 46.5 Å². The van der Waals surface area contributed by atoms with Gasteiger partial charge in [0.1, 0.15) is 0 Å². The van der Waals surface area contributed by atoms with Gasteiger partial charge in [0.25, 0.3) is 0 Å². The number of thiophene rings is 2. The number of hydrogen-bond donors (Lipinski definition) is 0. The maximum Gasteiger partial charge on any atom is 0.380 e. The molecule has 0 atom stereocenters. The lowest BCUT2D eigenvalue weighted by atomic mass is 9.92. The lowest BCUT2D eigenvalue weighted by Crippen LogP contribution is -2.48. The van der Waals surface area contributed by atoms with E-state index in [9.17, 15) is 0 Å². The minimum absolute atomic E-state index is 0.172. The van der Waals surface area contributed by atoms with E-state index in [2.05, 4.69) is 0 Å². The van der Waals surface area contributed by atoms with Crippen molar-refractivity contribution < 1.29 is 26.3 Å². The highest BCUT2D eigenvalue weighted by Gasteiger charge is 2.80. The Morgan fingerprint density at radius 2 is 0.783 bits per heavy atom. The number of rotatable bonds is 6. The van der Waals surface area contributed by atoms with Gasteiger partial charge in [0.15, 0.2) is 0 Å². The molecule has 0 unspecified atom stereocenters. The van der Waals surface area contributed by atoms with Gasteiger partial charge < -0.3 is 0 Å². The Bertz CT molecular complexity index is 2060. The highest BCUT2D eigenvalue weighted by atomic mass is 35.5. The molecule has 0 aliphatic heterocycles. The van der Waals surface area contributed by atoms with Crippen molar-refractivity contribution in [1.29, 1.82) is 0 Å². The Labute approximate surface area is 273 Å². The van der Waals surface area contributed by atoms with Gasteiger partial charge in [0.05, 0.1) is 0 Å². The maximum atomic E-state index is 16.2. The van der Waals surface area contributed by atoms with Crippen molar-refractivity contribution in [2.45, 2.75) is 17.8 Å². The molecule has 9 heteroatoms. The fourth-order valence-electron chi connectivity index (χ4n) is 5.70. The van der Waals surface area contributed by atoms with Crippen molar-refractivity contribution in [3.05, 3.63) is 144 Å². The van der Waals surface area contributed by atoms with Crippen LogP contribution in [0.4, 0.5) is 26.3 Å². The Hall–Kier alpha value is -4.11. The zero-order valence-corrected chi connectivity index (χ0v) is 26.0. The summed E-state index contributed by atoms with van der Waals surface area (Å²) in [4.78, 5) is 1.27. The molecule has 6 aromatic rings. The molecule has 0 radical (unpaired) electrons. The van der Waals surface area contributed by atoms with Crippen molar-refractivity contribution in [2.24, 2.45) is 0 Å². The van der Waals surface area contributed by atoms with E-state index in [0.29, 0.717) is 37.0 Å². The summed E-state index contributed by atoms with van der Waals surface area (Å²) in [7, 11) is 0. The molecule has 1 aliphatic rings. The molecule has 0 bridgehead atoms. The van der Waals surface area contributed by atoms with Gasteiger partial charge in [0, 0.05) is 46.8 Å². The average molecular weight is 679 g/mol. The van der Waals surface area contributed by atoms with Gasteiger partial charge in [-0.3, -0.25) is 0 Å². The van der Waals surface area contributed by atoms with E-state index in [1.165, 1.54) is 12.1 Å². The summed E-state index contributed by atoms with van der Waals surface area (Å²) in [6.45, 7) is 0. The summed E-state index contributed by atoms with van der Waals surface area (Å²) < 4.78 is 96.1. The van der Waals surface area contributed by atoms with Gasteiger partial charge in [-0.25, -0.2) is 0 Å². The lowest BCUT2D eigenvalue weighted by molar-refractivity contribution is -0.254. The molecule has 0 amide bonds. The van der Waals surface area contributed by atoms with E-state index in [0.717, 1.165) is 22.7 Å². The molecule has 0 fully saturated rings. The zero-order valence-electron chi connectivity index (χ0n) is 23.6. The quantitative estimate of drug-likeness (QED) is 0.154. The molecular weight excluding hydrogens is 658 g/mol. The summed E-state index contributed by atoms with van der Waals surface area (Å²) in [6, 6.07) is 34.7. The van der Waals surface area contributed by atoms with Crippen molar-refractivity contribution in [1.82, 2.24) is 0 Å². The normalized spacial score (nSPS) is 16.6. The Morgan fingerprint density at radius 1 is 0.435 bits per heavy atom. The average Bonchev–Trinajstić information content (AvgIpc) is 3.72. The number of halogens is 7. The predicted molar refractivity (Wildman–Crippen MR) is 177 cm³/mol. The first kappa shape index (κ1) is 30.5. The maximum absolute atomic E-state index is 16.2. The van der Waals surface area contributed by atoms with Crippen molar-refractivity contribution in [3.63, 3.8) is 0 Å². The highest BCUT2D eigenvalue weighted by Crippen LogP contribution is 2.67. The van der Waals surface area contributed by atoms with E-state index in [1.807, 2.05) is 0 Å². The van der Waals surface area contributed by atoms with Crippen LogP contribution in [0.15, 0.2) is 127 Å². The molecule has 46 heavy (non-hydrogen) atoms. The minimum atomic E-state index is -5.70. The number of alkyl halides is 6. The Balaban J connectivity index is 1.58. The smallest absolute Gasteiger partial charge is 0.194 e. The first-order chi connectivity index (χ1) is 22.0. The molecular formula is C37H21ClF6S2. The monoisotopic (exact) mass is 678 g/mol. The summed E-state index contributed by atoms with van der Waals surface area (Å²) in [5.41, 5.74) is -1.39. The molecule has 0 nitrogen and oxygen atoms in total. The third kappa shape index (κ3) is 4.82. The van der Waals surface area contributed by atoms with Gasteiger partial charge in [-0.2, -0.15) is 26.3 Å². The van der Waals surface area contributed by atoms with E-state index in [-0.39, 0.29) is 20.9 Å². The first-order valence-electron chi connectivity index (χ1n) is 14.1. The Kier molecular flexibility index (Phi) is 7.50. The third-order valence-corrected chi connectivity index (χ3v) is 10.6. The van der Waals surface area contributed by atoms with E-state index >= 15 is 26.3 Å². The minimum Gasteiger partial charge on any atom is -0.194 e.